The zero-order valence-corrected chi connectivity index (χ0v) is 15.3. The van der Waals surface area contributed by atoms with E-state index in [0.717, 1.165) is 10.3 Å². The van der Waals surface area contributed by atoms with Crippen molar-refractivity contribution in [3.05, 3.63) is 73.7 Å². The molecule has 1 aromatic heterocycles. The molecular weight excluding hydrogens is 389 g/mol. The number of hydrogen-bond donors (Lipinski definition) is 0. The molecule has 0 saturated carbocycles. The first kappa shape index (κ1) is 17.1. The Morgan fingerprint density at radius 3 is 2.40 bits per heavy atom. The summed E-state index contributed by atoms with van der Waals surface area (Å²) in [5.41, 5.74) is 1.14. The van der Waals surface area contributed by atoms with Gasteiger partial charge in [0.1, 0.15) is 0 Å². The zero-order valence-electron chi connectivity index (χ0n) is 13.6. The quantitative estimate of drug-likeness (QED) is 0.167. The van der Waals surface area contributed by atoms with Gasteiger partial charge in [0.05, 0.1) is 0 Å². The number of hydrogen-bond acceptors (Lipinski definition) is 4. The van der Waals surface area contributed by atoms with Crippen molar-refractivity contribution >= 4 is 36.3 Å². The van der Waals surface area contributed by atoms with Gasteiger partial charge in [-0.2, -0.15) is 0 Å². The van der Waals surface area contributed by atoms with Crippen LogP contribution in [0.4, 0.5) is 5.69 Å². The Morgan fingerprint density at radius 2 is 1.80 bits per heavy atom. The second kappa shape index (κ2) is 6.66. The molecule has 0 aliphatic heterocycles. The average Bonchev–Trinajstić information content (AvgIpc) is 2.92. The molecule has 2 aromatic carbocycles. The van der Waals surface area contributed by atoms with Crippen LogP contribution in [-0.4, -0.2) is 40.2 Å². The Kier molecular flexibility index (Phi) is 4.56. The summed E-state index contributed by atoms with van der Waals surface area (Å²) < 4.78 is 2.91. The van der Waals surface area contributed by atoms with Gasteiger partial charge in [0.25, 0.3) is 0 Å². The van der Waals surface area contributed by atoms with Crippen molar-refractivity contribution in [1.82, 2.24) is 3.56 Å². The number of rotatable bonds is 4. The first-order valence-electron chi connectivity index (χ1n) is 7.58. The van der Waals surface area contributed by atoms with Crippen LogP contribution in [0.25, 0.3) is 15.3 Å². The summed E-state index contributed by atoms with van der Waals surface area (Å²) >= 11 is -0.496. The Balaban J connectivity index is 2.07. The number of non-ortho nitro benzene ring substituents is 1. The van der Waals surface area contributed by atoms with Gasteiger partial charge in [0.2, 0.25) is 0 Å². The maximum absolute atomic E-state index is 12.6. The molecule has 0 amide bonds. The van der Waals surface area contributed by atoms with E-state index in [1.54, 1.807) is 47.7 Å². The van der Waals surface area contributed by atoms with Crippen LogP contribution in [0, 0.1) is 15.3 Å². The van der Waals surface area contributed by atoms with Crippen LogP contribution in [0.2, 0.25) is 0 Å². The van der Waals surface area contributed by atoms with Gasteiger partial charge < -0.3 is 0 Å². The molecular formula is C17H15N3O4Se. The Labute approximate surface area is 149 Å². The molecule has 0 atom stereocenters. The van der Waals surface area contributed by atoms with E-state index in [4.69, 9.17) is 0 Å². The predicted octanol–water partition coefficient (Wildman–Crippen LogP) is 2.29. The molecule has 0 spiro atoms. The molecule has 0 aliphatic rings. The summed E-state index contributed by atoms with van der Waals surface area (Å²) in [7, 11) is 0. The van der Waals surface area contributed by atoms with Gasteiger partial charge in [-0.05, 0) is 0 Å². The van der Waals surface area contributed by atoms with Gasteiger partial charge in [0.15, 0.2) is 0 Å². The number of hydroxylamine groups is 1. The topological polar surface area (TPSA) is 91.2 Å². The number of benzene rings is 2. The van der Waals surface area contributed by atoms with Crippen molar-refractivity contribution in [2.24, 2.45) is 0 Å². The summed E-state index contributed by atoms with van der Waals surface area (Å²) in [5, 5.41) is 23.2. The Hall–Kier alpha value is -2.70. The molecule has 0 unspecified atom stereocenters. The van der Waals surface area contributed by atoms with Gasteiger partial charge in [-0.25, -0.2) is 0 Å². The minimum atomic E-state index is -0.496. The molecule has 1 heterocycles. The molecule has 0 radical (unpaired) electrons. The molecule has 0 bridgehead atoms. The minimum absolute atomic E-state index is 0.0165. The van der Waals surface area contributed by atoms with Gasteiger partial charge >= 0.3 is 149 Å². The average molecular weight is 404 g/mol. The third-order valence-corrected chi connectivity index (χ3v) is 6.16. The number of nitrogens with zero attached hydrogens (tertiary/aromatic N) is 3. The summed E-state index contributed by atoms with van der Waals surface area (Å²) in [5.74, 6) is 0. The van der Waals surface area contributed by atoms with Gasteiger partial charge in [-0.1, -0.05) is 0 Å². The van der Waals surface area contributed by atoms with Gasteiger partial charge in [-0.15, -0.1) is 0 Å². The molecule has 0 aliphatic carbocycles. The predicted molar refractivity (Wildman–Crippen MR) is 97.1 cm³/mol. The van der Waals surface area contributed by atoms with Crippen molar-refractivity contribution in [1.29, 1.82) is 0 Å². The van der Waals surface area contributed by atoms with E-state index in [9.17, 15) is 20.1 Å². The molecule has 3 aromatic rings. The van der Waals surface area contributed by atoms with E-state index < -0.39 is 19.7 Å². The van der Waals surface area contributed by atoms with Crippen LogP contribution >= 0.6 is 0 Å². The summed E-state index contributed by atoms with van der Waals surface area (Å²) in [4.78, 5) is 23.3. The van der Waals surface area contributed by atoms with Crippen molar-refractivity contribution in [3.8, 4) is 5.69 Å². The molecule has 0 saturated heterocycles. The number of nitro groups is 1. The van der Waals surface area contributed by atoms with Crippen molar-refractivity contribution in [3.63, 3.8) is 0 Å². The van der Waals surface area contributed by atoms with Crippen LogP contribution in [0.1, 0.15) is 19.4 Å². The first-order chi connectivity index (χ1) is 11.9. The van der Waals surface area contributed by atoms with E-state index in [0.29, 0.717) is 15.3 Å². The van der Waals surface area contributed by atoms with Crippen LogP contribution < -0.4 is 5.56 Å². The van der Waals surface area contributed by atoms with E-state index >= 15 is 0 Å². The maximum atomic E-state index is 12.6. The van der Waals surface area contributed by atoms with E-state index in [-0.39, 0.29) is 17.3 Å². The molecule has 25 heavy (non-hydrogen) atoms. The van der Waals surface area contributed by atoms with Gasteiger partial charge in [-0.3, -0.25) is 0 Å². The number of aromatic nitrogens is 1. The molecule has 0 N–H and O–H groups in total. The standard InChI is InChI=1S/C17H15N3O4Se/c1-11(2)18(22)10-12-6-8-13(9-7-12)19-17(21)14-4-3-5-15(20(23)24)16(14)25-19/h3-11H,1-2H3. The van der Waals surface area contributed by atoms with Crippen molar-refractivity contribution < 1.29 is 9.66 Å². The fourth-order valence-electron chi connectivity index (χ4n) is 2.34. The third kappa shape index (κ3) is 3.26. The summed E-state index contributed by atoms with van der Waals surface area (Å²) in [6.45, 7) is 3.60. The normalized spacial score (nSPS) is 12.0. The van der Waals surface area contributed by atoms with Crippen LogP contribution in [0.5, 0.6) is 0 Å². The monoisotopic (exact) mass is 405 g/mol. The Bertz CT molecular complexity index is 1030. The molecule has 7 nitrogen and oxygen atoms in total. The fraction of sp³-hybridized carbons (Fsp3) is 0.176. The van der Waals surface area contributed by atoms with Crippen LogP contribution in [0.3, 0.4) is 0 Å². The zero-order chi connectivity index (χ0) is 18.1. The number of fused-ring (bicyclic) bond motifs is 1. The van der Waals surface area contributed by atoms with Crippen molar-refractivity contribution in [2.45, 2.75) is 19.9 Å². The molecule has 128 valence electrons. The second-order valence-corrected chi connectivity index (χ2v) is 7.78. The van der Waals surface area contributed by atoms with Crippen molar-refractivity contribution in [2.75, 3.05) is 0 Å². The summed E-state index contributed by atoms with van der Waals surface area (Å²) in [6, 6.07) is 11.4. The first-order valence-corrected chi connectivity index (χ1v) is 9.21. The summed E-state index contributed by atoms with van der Waals surface area (Å²) in [6.07, 6.45) is 1.49. The van der Waals surface area contributed by atoms with E-state index in [1.807, 2.05) is 0 Å². The van der Waals surface area contributed by atoms with Crippen LogP contribution in [0.15, 0.2) is 47.3 Å². The SMILES string of the molecule is CC(C)[N+]([O-])=Cc1ccc(-n2[se]c3c([N+](=O)[O-])cccc3c2=O)cc1. The second-order valence-electron chi connectivity index (χ2n) is 5.78. The Morgan fingerprint density at radius 1 is 1.12 bits per heavy atom. The number of nitro benzene ring substituents is 1. The fourth-order valence-corrected chi connectivity index (χ4v) is 4.60. The van der Waals surface area contributed by atoms with E-state index in [2.05, 4.69) is 0 Å². The molecule has 8 heteroatoms. The molecule has 3 rings (SSSR count). The molecule has 0 fully saturated rings. The van der Waals surface area contributed by atoms with E-state index in [1.165, 1.54) is 18.3 Å². The van der Waals surface area contributed by atoms with Crippen LogP contribution in [-0.2, 0) is 0 Å². The third-order valence-electron chi connectivity index (χ3n) is 3.70. The van der Waals surface area contributed by atoms with Gasteiger partial charge in [0, 0.05) is 0 Å².